The molecule has 0 aromatic heterocycles. The van der Waals surface area contributed by atoms with Crippen molar-refractivity contribution in [3.05, 3.63) is 0 Å². The van der Waals surface area contributed by atoms with E-state index in [1.165, 1.54) is 25.9 Å². The number of hydrogen-bond donors (Lipinski definition) is 2. The Morgan fingerprint density at radius 1 is 1.38 bits per heavy atom. The molecule has 96 valence electrons. The third kappa shape index (κ3) is 4.81. The number of piperidine rings is 1. The predicted molar refractivity (Wildman–Crippen MR) is 68.6 cm³/mol. The van der Waals surface area contributed by atoms with Crippen LogP contribution in [-0.2, 0) is 0 Å². The van der Waals surface area contributed by atoms with Gasteiger partial charge < -0.3 is 15.3 Å². The van der Waals surface area contributed by atoms with Gasteiger partial charge in [0.25, 0.3) is 0 Å². The van der Waals surface area contributed by atoms with E-state index in [9.17, 15) is 0 Å². The second-order valence-electron chi connectivity index (χ2n) is 5.06. The lowest BCUT2D eigenvalue weighted by Gasteiger charge is -2.37. The van der Waals surface area contributed by atoms with Crippen molar-refractivity contribution in [2.45, 2.75) is 45.6 Å². The highest BCUT2D eigenvalue weighted by atomic mass is 16.2. The van der Waals surface area contributed by atoms with Crippen LogP contribution in [0.25, 0.3) is 0 Å². The van der Waals surface area contributed by atoms with Crippen LogP contribution in [0.4, 0.5) is 0 Å². The van der Waals surface area contributed by atoms with Crippen molar-refractivity contribution >= 4 is 0 Å². The summed E-state index contributed by atoms with van der Waals surface area (Å²) in [5.41, 5.74) is 0. The number of nitrogens with one attached hydrogen (secondary N) is 1. The van der Waals surface area contributed by atoms with E-state index in [-0.39, 0.29) is 0 Å². The summed E-state index contributed by atoms with van der Waals surface area (Å²) in [5, 5.41) is 12.4. The molecule has 2 unspecified atom stereocenters. The van der Waals surface area contributed by atoms with Crippen LogP contribution in [0.15, 0.2) is 0 Å². The molecule has 1 saturated heterocycles. The number of aliphatic hydroxyl groups excluding tert-OH is 1. The lowest BCUT2D eigenvalue weighted by atomic mass is 9.93. The van der Waals surface area contributed by atoms with Gasteiger partial charge in [-0.15, -0.1) is 0 Å². The zero-order chi connectivity index (χ0) is 11.8. The van der Waals surface area contributed by atoms with Gasteiger partial charge in [0.1, 0.15) is 0 Å². The molecule has 0 aliphatic carbocycles. The third-order valence-electron chi connectivity index (χ3n) is 3.53. The average Bonchev–Trinajstić information content (AvgIpc) is 2.28. The number of rotatable bonds is 7. The summed E-state index contributed by atoms with van der Waals surface area (Å²) >= 11 is 0. The molecule has 0 aromatic rings. The topological polar surface area (TPSA) is 35.5 Å². The van der Waals surface area contributed by atoms with E-state index >= 15 is 0 Å². The first-order valence-corrected chi connectivity index (χ1v) is 6.84. The Kier molecular flexibility index (Phi) is 7.01. The molecule has 0 bridgehead atoms. The fourth-order valence-corrected chi connectivity index (χ4v) is 2.52. The number of aliphatic hydroxyl groups is 1. The summed E-state index contributed by atoms with van der Waals surface area (Å²) in [5.74, 6) is 0.759. The standard InChI is InChI=1S/C13H28N2O/c1-3-7-14-13-6-9-15(11-12(13)2)8-4-5-10-16/h12-14,16H,3-11H2,1-2H3. The SMILES string of the molecule is CCCNC1CCN(CCCCO)CC1C. The van der Waals surface area contributed by atoms with Crippen LogP contribution >= 0.6 is 0 Å². The molecule has 1 heterocycles. The molecule has 2 N–H and O–H groups in total. The van der Waals surface area contributed by atoms with E-state index < -0.39 is 0 Å². The van der Waals surface area contributed by atoms with Gasteiger partial charge in [-0.2, -0.15) is 0 Å². The van der Waals surface area contributed by atoms with E-state index in [2.05, 4.69) is 24.1 Å². The van der Waals surface area contributed by atoms with E-state index in [0.29, 0.717) is 12.6 Å². The minimum absolute atomic E-state index is 0.337. The van der Waals surface area contributed by atoms with E-state index in [1.807, 2.05) is 0 Å². The van der Waals surface area contributed by atoms with Crippen molar-refractivity contribution in [3.63, 3.8) is 0 Å². The Morgan fingerprint density at radius 3 is 2.81 bits per heavy atom. The molecule has 3 heteroatoms. The van der Waals surface area contributed by atoms with Crippen molar-refractivity contribution < 1.29 is 5.11 Å². The predicted octanol–water partition coefficient (Wildman–Crippen LogP) is 1.47. The molecule has 1 aliphatic rings. The molecule has 0 aromatic carbocycles. The molecule has 1 rings (SSSR count). The first kappa shape index (κ1) is 13.9. The van der Waals surface area contributed by atoms with Gasteiger partial charge in [0.2, 0.25) is 0 Å². The molecular formula is C13H28N2O. The first-order valence-electron chi connectivity index (χ1n) is 6.84. The summed E-state index contributed by atoms with van der Waals surface area (Å²) in [6, 6.07) is 0.717. The van der Waals surface area contributed by atoms with Crippen LogP contribution in [0.3, 0.4) is 0 Å². The van der Waals surface area contributed by atoms with Crippen LogP contribution in [0, 0.1) is 5.92 Å². The van der Waals surface area contributed by atoms with Crippen LogP contribution in [0.1, 0.15) is 39.5 Å². The van der Waals surface area contributed by atoms with Gasteiger partial charge in [-0.1, -0.05) is 13.8 Å². The van der Waals surface area contributed by atoms with Crippen molar-refractivity contribution in [3.8, 4) is 0 Å². The molecule has 1 aliphatic heterocycles. The molecule has 1 fully saturated rings. The molecule has 0 spiro atoms. The smallest absolute Gasteiger partial charge is 0.0431 e. The zero-order valence-electron chi connectivity index (χ0n) is 10.9. The second kappa shape index (κ2) is 8.04. The Bertz CT molecular complexity index is 175. The fraction of sp³-hybridized carbons (Fsp3) is 1.00. The van der Waals surface area contributed by atoms with E-state index in [4.69, 9.17) is 5.11 Å². The van der Waals surface area contributed by atoms with E-state index in [1.54, 1.807) is 0 Å². The molecule has 0 radical (unpaired) electrons. The number of nitrogens with zero attached hydrogens (tertiary/aromatic N) is 1. The average molecular weight is 228 g/mol. The number of likely N-dealkylation sites (tertiary alicyclic amines) is 1. The van der Waals surface area contributed by atoms with Crippen molar-refractivity contribution in [2.24, 2.45) is 5.92 Å². The molecule has 0 saturated carbocycles. The third-order valence-corrected chi connectivity index (χ3v) is 3.53. The van der Waals surface area contributed by atoms with Crippen molar-refractivity contribution in [2.75, 3.05) is 32.8 Å². The van der Waals surface area contributed by atoms with Crippen LogP contribution in [-0.4, -0.2) is 48.8 Å². The highest BCUT2D eigenvalue weighted by Gasteiger charge is 2.24. The van der Waals surface area contributed by atoms with Crippen LogP contribution in [0.5, 0.6) is 0 Å². The lowest BCUT2D eigenvalue weighted by Crippen LogP contribution is -2.48. The summed E-state index contributed by atoms with van der Waals surface area (Å²) in [6.07, 6.45) is 4.59. The van der Waals surface area contributed by atoms with Crippen LogP contribution < -0.4 is 5.32 Å². The maximum absolute atomic E-state index is 8.76. The molecular weight excluding hydrogens is 200 g/mol. The minimum Gasteiger partial charge on any atom is -0.396 e. The van der Waals surface area contributed by atoms with Gasteiger partial charge in [0.05, 0.1) is 0 Å². The number of hydrogen-bond acceptors (Lipinski definition) is 3. The summed E-state index contributed by atoms with van der Waals surface area (Å²) in [4.78, 5) is 2.55. The van der Waals surface area contributed by atoms with Crippen molar-refractivity contribution in [1.29, 1.82) is 0 Å². The summed E-state index contributed by atoms with van der Waals surface area (Å²) < 4.78 is 0. The highest BCUT2D eigenvalue weighted by molar-refractivity contribution is 4.82. The van der Waals surface area contributed by atoms with Gasteiger partial charge in [0.15, 0.2) is 0 Å². The minimum atomic E-state index is 0.337. The Hall–Kier alpha value is -0.120. The Labute approximate surface area is 100 Å². The Balaban J connectivity index is 2.17. The number of unbranched alkanes of at least 4 members (excludes halogenated alkanes) is 1. The monoisotopic (exact) mass is 228 g/mol. The summed E-state index contributed by atoms with van der Waals surface area (Å²) in [7, 11) is 0. The zero-order valence-corrected chi connectivity index (χ0v) is 10.9. The summed E-state index contributed by atoms with van der Waals surface area (Å²) in [6.45, 7) is 9.66. The largest absolute Gasteiger partial charge is 0.396 e. The lowest BCUT2D eigenvalue weighted by molar-refractivity contribution is 0.142. The van der Waals surface area contributed by atoms with Gasteiger partial charge in [-0.05, 0) is 51.2 Å². The first-order chi connectivity index (χ1) is 7.77. The molecule has 0 amide bonds. The maximum atomic E-state index is 8.76. The molecule has 3 nitrogen and oxygen atoms in total. The second-order valence-corrected chi connectivity index (χ2v) is 5.06. The molecule has 16 heavy (non-hydrogen) atoms. The normalized spacial score (nSPS) is 27.2. The maximum Gasteiger partial charge on any atom is 0.0431 e. The van der Waals surface area contributed by atoms with E-state index in [0.717, 1.165) is 31.8 Å². The van der Waals surface area contributed by atoms with Gasteiger partial charge in [-0.3, -0.25) is 0 Å². The Morgan fingerprint density at radius 2 is 2.19 bits per heavy atom. The fourth-order valence-electron chi connectivity index (χ4n) is 2.52. The molecule has 2 atom stereocenters. The highest BCUT2D eigenvalue weighted by Crippen LogP contribution is 2.17. The van der Waals surface area contributed by atoms with Crippen LogP contribution in [0.2, 0.25) is 0 Å². The quantitative estimate of drug-likeness (QED) is 0.648. The van der Waals surface area contributed by atoms with Gasteiger partial charge in [0, 0.05) is 19.2 Å². The van der Waals surface area contributed by atoms with Gasteiger partial charge >= 0.3 is 0 Å². The van der Waals surface area contributed by atoms with Crippen molar-refractivity contribution in [1.82, 2.24) is 10.2 Å². The van der Waals surface area contributed by atoms with Gasteiger partial charge in [-0.25, -0.2) is 0 Å².